The molecule has 126 valence electrons. The number of nitrogens with zero attached hydrogens (tertiary/aromatic N) is 3. The maximum atomic E-state index is 11.4. The van der Waals surface area contributed by atoms with Crippen molar-refractivity contribution < 1.29 is 4.79 Å². The summed E-state index contributed by atoms with van der Waals surface area (Å²) in [6, 6.07) is 0.0906. The molecule has 5 nitrogen and oxygen atoms in total. The summed E-state index contributed by atoms with van der Waals surface area (Å²) < 4.78 is 0. The molecule has 1 saturated heterocycles. The highest BCUT2D eigenvalue weighted by molar-refractivity contribution is 6.03. The molecule has 1 N–H and O–H groups in total. The van der Waals surface area contributed by atoms with Crippen LogP contribution in [-0.2, 0) is 4.79 Å². The number of rotatable bonds is 0. The van der Waals surface area contributed by atoms with Crippen LogP contribution in [0.1, 0.15) is 44.9 Å². The Morgan fingerprint density at radius 2 is 1.64 bits per heavy atom. The van der Waals surface area contributed by atoms with E-state index in [0.29, 0.717) is 6.42 Å². The molecule has 0 amide bonds. The van der Waals surface area contributed by atoms with E-state index in [1.54, 1.807) is 0 Å². The van der Waals surface area contributed by atoms with E-state index in [9.17, 15) is 4.79 Å². The topological polar surface area (TPSA) is 66.2 Å². The van der Waals surface area contributed by atoms with Gasteiger partial charge in [-0.15, -0.1) is 0 Å². The molecule has 0 aromatic heterocycles. The Labute approximate surface area is 146 Å². The Morgan fingerprint density at radius 1 is 0.920 bits per heavy atom. The van der Waals surface area contributed by atoms with E-state index >= 15 is 0 Å². The second-order valence-corrected chi connectivity index (χ2v) is 7.30. The fraction of sp³-hybridized carbons (Fsp3) is 0.450. The van der Waals surface area contributed by atoms with E-state index in [-0.39, 0.29) is 12.1 Å². The lowest BCUT2D eigenvalue weighted by Crippen LogP contribution is -2.33. The van der Waals surface area contributed by atoms with Gasteiger partial charge in [-0.05, 0) is 56.8 Å². The Bertz CT molecular complexity index is 877. The standard InChI is InChI=1S/C20H20N4O/c25-11-12-7-18-10-16-4-3-14(22-16)8-13-1-2-15(21-13)9-17-5-6-19(23-17)20(12)24-18/h8-10,19-20,24H,1-7H2. The van der Waals surface area contributed by atoms with E-state index in [0.717, 1.165) is 78.3 Å². The second kappa shape index (κ2) is 5.78. The quantitative estimate of drug-likeness (QED) is 0.693. The number of carbonyl (C=O) groups excluding carboxylic acids is 1. The zero-order valence-corrected chi connectivity index (χ0v) is 14.1. The van der Waals surface area contributed by atoms with E-state index in [4.69, 9.17) is 15.0 Å². The first-order valence-electron chi connectivity index (χ1n) is 9.11. The van der Waals surface area contributed by atoms with E-state index in [2.05, 4.69) is 29.5 Å². The van der Waals surface area contributed by atoms with Crippen LogP contribution in [0.4, 0.5) is 0 Å². The largest absolute Gasteiger partial charge is 0.379 e. The monoisotopic (exact) mass is 332 g/mol. The summed E-state index contributed by atoms with van der Waals surface area (Å²) in [5.41, 5.74) is 7.41. The molecule has 2 unspecified atom stereocenters. The van der Waals surface area contributed by atoms with Crippen molar-refractivity contribution in [2.45, 2.75) is 57.0 Å². The van der Waals surface area contributed by atoms with Crippen molar-refractivity contribution in [1.29, 1.82) is 0 Å². The SMILES string of the molecule is O=C=C1CC2=CC3=NC(=CC4=NC(=CC5=NC(CC5)C1N2)CC4)CC3. The van der Waals surface area contributed by atoms with Crippen LogP contribution in [0, 0.1) is 0 Å². The van der Waals surface area contributed by atoms with Gasteiger partial charge < -0.3 is 5.32 Å². The van der Waals surface area contributed by atoms with Crippen molar-refractivity contribution in [2.75, 3.05) is 0 Å². The Kier molecular flexibility index (Phi) is 3.42. The van der Waals surface area contributed by atoms with Gasteiger partial charge in [0.1, 0.15) is 5.94 Å². The number of fused-ring (bicyclic) bond motifs is 6. The number of aliphatic imine (C=N–C) groups is 3. The summed E-state index contributed by atoms with van der Waals surface area (Å²) in [5.74, 6) is 2.16. The van der Waals surface area contributed by atoms with Crippen LogP contribution in [-0.4, -0.2) is 35.2 Å². The van der Waals surface area contributed by atoms with Crippen molar-refractivity contribution in [3.05, 3.63) is 40.9 Å². The van der Waals surface area contributed by atoms with Gasteiger partial charge >= 0.3 is 0 Å². The highest BCUT2D eigenvalue weighted by Gasteiger charge is 2.35. The maximum absolute atomic E-state index is 11.4. The molecule has 5 aliphatic rings. The molecule has 0 aliphatic carbocycles. The van der Waals surface area contributed by atoms with Crippen molar-refractivity contribution >= 4 is 23.1 Å². The Morgan fingerprint density at radius 3 is 2.40 bits per heavy atom. The van der Waals surface area contributed by atoms with Gasteiger partial charge in [-0.2, -0.15) is 0 Å². The highest BCUT2D eigenvalue weighted by atomic mass is 16.1. The average Bonchev–Trinajstić information content (AvgIpc) is 3.36. The molecule has 5 aliphatic heterocycles. The number of allylic oxidation sites excluding steroid dienone is 6. The molecule has 2 atom stereocenters. The van der Waals surface area contributed by atoms with Crippen molar-refractivity contribution in [3.8, 4) is 0 Å². The minimum absolute atomic E-state index is 0.0237. The van der Waals surface area contributed by atoms with Gasteiger partial charge in [-0.1, -0.05) is 0 Å². The zero-order chi connectivity index (χ0) is 16.8. The van der Waals surface area contributed by atoms with Crippen molar-refractivity contribution in [3.63, 3.8) is 0 Å². The normalized spacial score (nSPS) is 30.2. The minimum Gasteiger partial charge on any atom is -0.379 e. The van der Waals surface area contributed by atoms with Gasteiger partial charge in [0.15, 0.2) is 0 Å². The van der Waals surface area contributed by atoms with Gasteiger partial charge in [0.2, 0.25) is 0 Å². The second-order valence-electron chi connectivity index (χ2n) is 7.30. The Hall–Kier alpha value is -2.52. The third-order valence-corrected chi connectivity index (χ3v) is 5.50. The molecule has 5 heterocycles. The van der Waals surface area contributed by atoms with E-state index in [1.165, 1.54) is 0 Å². The van der Waals surface area contributed by atoms with Crippen LogP contribution in [0.15, 0.2) is 55.9 Å². The van der Waals surface area contributed by atoms with Crippen molar-refractivity contribution in [2.24, 2.45) is 15.0 Å². The molecule has 5 rings (SSSR count). The van der Waals surface area contributed by atoms with Crippen molar-refractivity contribution in [1.82, 2.24) is 5.32 Å². The smallest absolute Gasteiger partial charge is 0.126 e. The molecular weight excluding hydrogens is 312 g/mol. The van der Waals surface area contributed by atoms with Gasteiger partial charge in [0.05, 0.1) is 12.1 Å². The van der Waals surface area contributed by atoms with Crippen LogP contribution in [0.5, 0.6) is 0 Å². The molecule has 0 saturated carbocycles. The number of hydrogen-bond acceptors (Lipinski definition) is 5. The van der Waals surface area contributed by atoms with Crippen LogP contribution >= 0.6 is 0 Å². The van der Waals surface area contributed by atoms with Crippen LogP contribution in [0.3, 0.4) is 0 Å². The molecule has 0 aromatic carbocycles. The molecular formula is C20H20N4O. The van der Waals surface area contributed by atoms with Crippen LogP contribution < -0.4 is 5.32 Å². The fourth-order valence-electron chi connectivity index (χ4n) is 4.27. The first kappa shape index (κ1) is 14.8. The fourth-order valence-corrected chi connectivity index (χ4v) is 4.27. The summed E-state index contributed by atoms with van der Waals surface area (Å²) in [5, 5.41) is 3.51. The molecule has 25 heavy (non-hydrogen) atoms. The number of hydrogen-bond donors (Lipinski definition) is 1. The van der Waals surface area contributed by atoms with Crippen LogP contribution in [0.25, 0.3) is 0 Å². The average molecular weight is 332 g/mol. The molecule has 0 aromatic rings. The summed E-state index contributed by atoms with van der Waals surface area (Å²) >= 11 is 0. The van der Waals surface area contributed by atoms with Gasteiger partial charge in [0, 0.05) is 46.2 Å². The number of nitrogens with one attached hydrogen (secondary N) is 1. The van der Waals surface area contributed by atoms with Gasteiger partial charge in [0.25, 0.3) is 0 Å². The first-order valence-corrected chi connectivity index (χ1v) is 9.11. The predicted octanol–water partition coefficient (Wildman–Crippen LogP) is 2.84. The molecule has 8 bridgehead atoms. The molecule has 0 spiro atoms. The molecule has 5 heteroatoms. The lowest BCUT2D eigenvalue weighted by atomic mass is 10.00. The molecule has 0 radical (unpaired) electrons. The zero-order valence-electron chi connectivity index (χ0n) is 14.1. The summed E-state index contributed by atoms with van der Waals surface area (Å²) in [4.78, 5) is 25.8. The summed E-state index contributed by atoms with van der Waals surface area (Å²) in [6.07, 6.45) is 12.8. The minimum atomic E-state index is -0.0237. The Balaban J connectivity index is 1.59. The maximum Gasteiger partial charge on any atom is 0.126 e. The van der Waals surface area contributed by atoms with Gasteiger partial charge in [-0.3, -0.25) is 15.0 Å². The van der Waals surface area contributed by atoms with Crippen LogP contribution in [0.2, 0.25) is 0 Å². The summed E-state index contributed by atoms with van der Waals surface area (Å²) in [6.45, 7) is 0. The third-order valence-electron chi connectivity index (χ3n) is 5.50. The lowest BCUT2D eigenvalue weighted by Gasteiger charge is -2.16. The highest BCUT2D eigenvalue weighted by Crippen LogP contribution is 2.31. The van der Waals surface area contributed by atoms with Gasteiger partial charge in [-0.25, -0.2) is 4.79 Å². The van der Waals surface area contributed by atoms with E-state index < -0.39 is 0 Å². The lowest BCUT2D eigenvalue weighted by molar-refractivity contribution is 0.535. The molecule has 1 fully saturated rings. The first-order chi connectivity index (χ1) is 12.3. The summed E-state index contributed by atoms with van der Waals surface area (Å²) in [7, 11) is 0. The third kappa shape index (κ3) is 2.75. The van der Waals surface area contributed by atoms with E-state index in [1.807, 2.05) is 0 Å². The predicted molar refractivity (Wildman–Crippen MR) is 98.8 cm³/mol.